The number of aromatic nitrogens is 3. The molecule has 2 heterocycles. The van der Waals surface area contributed by atoms with Crippen LogP contribution in [0.25, 0.3) is 10.9 Å². The average molecular weight is 411 g/mol. The van der Waals surface area contributed by atoms with Gasteiger partial charge in [0.1, 0.15) is 5.82 Å². The fraction of sp³-hybridized carbons (Fsp3) is 0.182. The van der Waals surface area contributed by atoms with Gasteiger partial charge in [0.05, 0.1) is 6.54 Å². The lowest BCUT2D eigenvalue weighted by atomic mass is 10.1. The van der Waals surface area contributed by atoms with Crippen molar-refractivity contribution in [1.29, 1.82) is 0 Å². The van der Waals surface area contributed by atoms with Crippen molar-refractivity contribution in [1.82, 2.24) is 14.8 Å². The summed E-state index contributed by atoms with van der Waals surface area (Å²) in [5, 5.41) is 8.61. The molecule has 4 rings (SSSR count). The molecule has 0 bridgehead atoms. The van der Waals surface area contributed by atoms with E-state index in [1.54, 1.807) is 29.1 Å². The Kier molecular flexibility index (Phi) is 5.62. The molecule has 0 saturated carbocycles. The van der Waals surface area contributed by atoms with E-state index in [1.165, 1.54) is 17.0 Å². The summed E-state index contributed by atoms with van der Waals surface area (Å²) < 4.78 is 15.5. The number of halogens is 2. The van der Waals surface area contributed by atoms with Crippen molar-refractivity contribution in [3.8, 4) is 0 Å². The van der Waals surface area contributed by atoms with Crippen molar-refractivity contribution in [2.75, 3.05) is 5.32 Å². The molecule has 1 amide bonds. The second kappa shape index (κ2) is 8.49. The zero-order chi connectivity index (χ0) is 20.2. The van der Waals surface area contributed by atoms with E-state index >= 15 is 0 Å². The first-order chi connectivity index (χ1) is 14.1. The number of carbonyl (C=O) groups is 1. The van der Waals surface area contributed by atoms with E-state index in [2.05, 4.69) is 21.5 Å². The molecule has 0 aliphatic rings. The molecule has 2 N–H and O–H groups in total. The first-order valence-electron chi connectivity index (χ1n) is 9.41. The predicted octanol–water partition coefficient (Wildman–Crippen LogP) is 5.17. The van der Waals surface area contributed by atoms with E-state index in [4.69, 9.17) is 11.6 Å². The van der Waals surface area contributed by atoms with Crippen LogP contribution in [0.1, 0.15) is 24.0 Å². The van der Waals surface area contributed by atoms with Gasteiger partial charge in [-0.1, -0.05) is 35.9 Å². The third-order valence-corrected chi connectivity index (χ3v) is 5.17. The first-order valence-corrected chi connectivity index (χ1v) is 9.79. The van der Waals surface area contributed by atoms with Crippen molar-refractivity contribution < 1.29 is 9.18 Å². The van der Waals surface area contributed by atoms with Crippen molar-refractivity contribution in [3.63, 3.8) is 0 Å². The molecular weight excluding hydrogens is 391 g/mol. The fourth-order valence-electron chi connectivity index (χ4n) is 3.34. The maximum absolute atomic E-state index is 13.9. The van der Waals surface area contributed by atoms with Crippen LogP contribution in [0.3, 0.4) is 0 Å². The maximum atomic E-state index is 13.9. The van der Waals surface area contributed by atoms with Crippen LogP contribution in [0.5, 0.6) is 0 Å². The van der Waals surface area contributed by atoms with E-state index in [9.17, 15) is 9.18 Å². The number of carbonyl (C=O) groups excluding carboxylic acids is 1. The van der Waals surface area contributed by atoms with Crippen LogP contribution >= 0.6 is 11.6 Å². The number of nitrogens with one attached hydrogen (secondary N) is 2. The molecule has 0 fully saturated rings. The molecule has 0 unspecified atom stereocenters. The molecule has 7 heteroatoms. The van der Waals surface area contributed by atoms with Crippen LogP contribution in [0.4, 0.5) is 10.2 Å². The van der Waals surface area contributed by atoms with Crippen LogP contribution < -0.4 is 5.32 Å². The smallest absolute Gasteiger partial charge is 0.225 e. The topological polar surface area (TPSA) is 62.7 Å². The third kappa shape index (κ3) is 4.49. The van der Waals surface area contributed by atoms with Crippen LogP contribution in [-0.4, -0.2) is 20.7 Å². The van der Waals surface area contributed by atoms with Gasteiger partial charge in [0.15, 0.2) is 5.82 Å². The van der Waals surface area contributed by atoms with Gasteiger partial charge in [-0.25, -0.2) is 4.39 Å². The number of amides is 1. The highest BCUT2D eigenvalue weighted by Crippen LogP contribution is 2.21. The van der Waals surface area contributed by atoms with Crippen LogP contribution in [-0.2, 0) is 17.8 Å². The standard InChI is InChI=1S/C22H20ClFN4O/c23-18-7-4-8-19(24)17(18)14-28-12-11-21(27-28)26-22(29)10-3-5-15-13-25-20-9-2-1-6-16(15)20/h1-2,4,6-9,11-13,25H,3,5,10,14H2,(H,26,27,29). The predicted molar refractivity (Wildman–Crippen MR) is 113 cm³/mol. The summed E-state index contributed by atoms with van der Waals surface area (Å²) in [5.41, 5.74) is 2.68. The molecule has 0 radical (unpaired) electrons. The van der Waals surface area contributed by atoms with Crippen molar-refractivity contribution in [3.05, 3.63) is 82.9 Å². The molecule has 0 atom stereocenters. The van der Waals surface area contributed by atoms with Gasteiger partial charge in [-0.3, -0.25) is 9.48 Å². The number of hydrogen-bond donors (Lipinski definition) is 2. The minimum absolute atomic E-state index is 0.0981. The van der Waals surface area contributed by atoms with Crippen LogP contribution in [0, 0.1) is 5.82 Å². The largest absolute Gasteiger partial charge is 0.361 e. The molecule has 5 nitrogen and oxygen atoms in total. The Bertz CT molecular complexity index is 1130. The van der Waals surface area contributed by atoms with Gasteiger partial charge in [-0.15, -0.1) is 0 Å². The number of aromatic amines is 1. The number of aryl methyl sites for hydroxylation is 1. The number of nitrogens with zero attached hydrogens (tertiary/aromatic N) is 2. The molecule has 0 spiro atoms. The summed E-state index contributed by atoms with van der Waals surface area (Å²) in [7, 11) is 0. The highest BCUT2D eigenvalue weighted by Gasteiger charge is 2.10. The van der Waals surface area contributed by atoms with Crippen LogP contribution in [0.2, 0.25) is 5.02 Å². The normalized spacial score (nSPS) is 11.1. The zero-order valence-corrected chi connectivity index (χ0v) is 16.4. The van der Waals surface area contributed by atoms with Gasteiger partial charge in [-0.2, -0.15) is 5.10 Å². The lowest BCUT2D eigenvalue weighted by Crippen LogP contribution is -2.12. The Hall–Kier alpha value is -3.12. The van der Waals surface area contributed by atoms with Gasteiger partial charge in [0, 0.05) is 46.4 Å². The van der Waals surface area contributed by atoms with E-state index in [-0.39, 0.29) is 18.3 Å². The summed E-state index contributed by atoms with van der Waals surface area (Å²) in [6.07, 6.45) is 5.63. The molecule has 0 aliphatic carbocycles. The molecule has 148 valence electrons. The zero-order valence-electron chi connectivity index (χ0n) is 15.7. The van der Waals surface area contributed by atoms with E-state index < -0.39 is 0 Å². The Morgan fingerprint density at radius 1 is 1.17 bits per heavy atom. The number of anilines is 1. The molecule has 0 saturated heterocycles. The number of benzene rings is 2. The van der Waals surface area contributed by atoms with Gasteiger partial charge < -0.3 is 10.3 Å². The number of hydrogen-bond acceptors (Lipinski definition) is 2. The highest BCUT2D eigenvalue weighted by molar-refractivity contribution is 6.31. The maximum Gasteiger partial charge on any atom is 0.225 e. The third-order valence-electron chi connectivity index (χ3n) is 4.81. The SMILES string of the molecule is O=C(CCCc1c[nH]c2ccccc12)Nc1ccn(Cc2c(F)cccc2Cl)n1. The van der Waals surface area contributed by atoms with Crippen molar-refractivity contribution in [2.45, 2.75) is 25.8 Å². The summed E-state index contributed by atoms with van der Waals surface area (Å²) in [6, 6.07) is 14.4. The Balaban J connectivity index is 1.30. The van der Waals surface area contributed by atoms with Gasteiger partial charge in [-0.05, 0) is 36.6 Å². The van der Waals surface area contributed by atoms with E-state index in [1.807, 2.05) is 24.4 Å². The molecule has 0 aliphatic heterocycles. The number of rotatable bonds is 7. The monoisotopic (exact) mass is 410 g/mol. The van der Waals surface area contributed by atoms with Crippen molar-refractivity contribution in [2.24, 2.45) is 0 Å². The van der Waals surface area contributed by atoms with Gasteiger partial charge in [0.25, 0.3) is 0 Å². The molecule has 2 aromatic heterocycles. The number of para-hydroxylation sites is 1. The Morgan fingerprint density at radius 3 is 2.90 bits per heavy atom. The van der Waals surface area contributed by atoms with Crippen LogP contribution in [0.15, 0.2) is 60.9 Å². The number of H-pyrrole nitrogens is 1. The highest BCUT2D eigenvalue weighted by atomic mass is 35.5. The fourth-order valence-corrected chi connectivity index (χ4v) is 3.57. The first kappa shape index (κ1) is 19.2. The summed E-state index contributed by atoms with van der Waals surface area (Å²) >= 11 is 6.05. The van der Waals surface area contributed by atoms with E-state index in [0.717, 1.165) is 18.4 Å². The lowest BCUT2D eigenvalue weighted by molar-refractivity contribution is -0.116. The van der Waals surface area contributed by atoms with Gasteiger partial charge in [0.2, 0.25) is 5.91 Å². The average Bonchev–Trinajstić information content (AvgIpc) is 3.32. The lowest BCUT2D eigenvalue weighted by Gasteiger charge is -2.06. The molecule has 2 aromatic carbocycles. The Morgan fingerprint density at radius 2 is 2.03 bits per heavy atom. The Labute approximate surface area is 172 Å². The minimum atomic E-state index is -0.379. The quantitative estimate of drug-likeness (QED) is 0.441. The second-order valence-corrected chi connectivity index (χ2v) is 7.27. The minimum Gasteiger partial charge on any atom is -0.361 e. The summed E-state index contributed by atoms with van der Waals surface area (Å²) in [6.45, 7) is 0.196. The second-order valence-electron chi connectivity index (χ2n) is 6.86. The van der Waals surface area contributed by atoms with Gasteiger partial charge >= 0.3 is 0 Å². The summed E-state index contributed by atoms with van der Waals surface area (Å²) in [4.78, 5) is 15.5. The van der Waals surface area contributed by atoms with E-state index in [0.29, 0.717) is 22.8 Å². The van der Waals surface area contributed by atoms with Crippen molar-refractivity contribution >= 4 is 34.2 Å². The molecular formula is C22H20ClFN4O. The number of fused-ring (bicyclic) bond motifs is 1. The summed E-state index contributed by atoms with van der Waals surface area (Å²) in [5.74, 6) is -0.0376. The molecule has 29 heavy (non-hydrogen) atoms. The molecule has 4 aromatic rings.